The summed E-state index contributed by atoms with van der Waals surface area (Å²) in [5.41, 5.74) is -0.523. The van der Waals surface area contributed by atoms with Crippen molar-refractivity contribution < 1.29 is 28.4 Å². The Hall–Kier alpha value is -0.960. The van der Waals surface area contributed by atoms with Crippen LogP contribution in [0.5, 0.6) is 0 Å². The third-order valence-corrected chi connectivity index (χ3v) is 7.54. The predicted molar refractivity (Wildman–Crippen MR) is 103 cm³/mol. The van der Waals surface area contributed by atoms with Gasteiger partial charge in [0.1, 0.15) is 5.76 Å². The van der Waals surface area contributed by atoms with Crippen LogP contribution in [-0.2, 0) is 30.5 Å². The van der Waals surface area contributed by atoms with Crippen molar-refractivity contribution in [3.63, 3.8) is 0 Å². The van der Waals surface area contributed by atoms with E-state index < -0.39 is 17.7 Å². The number of fused-ring (bicyclic) bond motifs is 2. The zero-order valence-corrected chi connectivity index (χ0v) is 17.6. The van der Waals surface area contributed by atoms with Crippen LogP contribution in [0.3, 0.4) is 0 Å². The Morgan fingerprint density at radius 2 is 2.07 bits per heavy atom. The molecule has 1 aliphatic carbocycles. The second-order valence-corrected chi connectivity index (χ2v) is 9.40. The first kappa shape index (κ1) is 20.0. The van der Waals surface area contributed by atoms with Gasteiger partial charge in [-0.25, -0.2) is 9.78 Å². The van der Waals surface area contributed by atoms with Crippen molar-refractivity contribution >= 4 is 0 Å². The topological polar surface area (TPSA) is 71.3 Å². The summed E-state index contributed by atoms with van der Waals surface area (Å²) >= 11 is 0. The van der Waals surface area contributed by atoms with Gasteiger partial charge in [-0.2, -0.15) is 0 Å². The molecule has 29 heavy (non-hydrogen) atoms. The Morgan fingerprint density at radius 3 is 2.90 bits per heavy atom. The largest absolute Gasteiger partial charge is 0.468 e. The van der Waals surface area contributed by atoms with Gasteiger partial charge in [0.2, 0.25) is 5.79 Å². The lowest BCUT2D eigenvalue weighted by Gasteiger charge is -2.60. The molecule has 0 aromatic carbocycles. The lowest BCUT2D eigenvalue weighted by Crippen LogP contribution is -2.70. The Balaban J connectivity index is 1.26. The van der Waals surface area contributed by atoms with Gasteiger partial charge in [0.25, 0.3) is 0 Å². The Morgan fingerprint density at radius 1 is 1.17 bits per heavy atom. The van der Waals surface area contributed by atoms with Crippen molar-refractivity contribution in [2.45, 2.75) is 77.0 Å². The second kappa shape index (κ2) is 7.62. The molecule has 2 bridgehead atoms. The molecule has 5 heterocycles. The van der Waals surface area contributed by atoms with E-state index in [-0.39, 0.29) is 12.2 Å². The first-order valence-corrected chi connectivity index (χ1v) is 11.1. The SMILES string of the molecule is C[C@H]1[C@@H](OCCNCc2ccco2)O[C@@H]2O[C@]3(C)CC[C@H]4[C@H](C)CC[C@@H]1[C@@]24OO3. The maximum Gasteiger partial charge on any atom is 0.201 e. The molecule has 1 saturated carbocycles. The highest BCUT2D eigenvalue weighted by Gasteiger charge is 2.69. The zero-order valence-electron chi connectivity index (χ0n) is 17.6. The van der Waals surface area contributed by atoms with E-state index in [1.54, 1.807) is 6.26 Å². The Kier molecular flexibility index (Phi) is 5.25. The van der Waals surface area contributed by atoms with E-state index in [4.69, 9.17) is 28.4 Å². The lowest BCUT2D eigenvalue weighted by atomic mass is 9.58. The molecule has 8 atom stereocenters. The van der Waals surface area contributed by atoms with Crippen LogP contribution >= 0.6 is 0 Å². The van der Waals surface area contributed by atoms with E-state index in [1.807, 2.05) is 19.1 Å². The number of hydrogen-bond acceptors (Lipinski definition) is 7. The summed E-state index contributed by atoms with van der Waals surface area (Å²) in [6.07, 6.45) is 5.09. The number of nitrogens with one attached hydrogen (secondary N) is 1. The van der Waals surface area contributed by atoms with Crippen LogP contribution in [0.25, 0.3) is 0 Å². The molecule has 0 radical (unpaired) electrons. The summed E-state index contributed by atoms with van der Waals surface area (Å²) in [5, 5.41) is 3.34. The standard InChI is InChI=1S/C22H33NO6/c1-14-6-7-18-15(2)19(25-12-10-23-13-16-5-4-11-24-16)26-20-22(18)17(14)8-9-21(3,27-20)28-29-22/h4-5,11,14-15,17-20,23H,6-10,12-13H2,1-3H3/t14-,15-,17+,18+,19+,20-,21+,22-/m1/s1. The van der Waals surface area contributed by atoms with E-state index in [0.29, 0.717) is 30.9 Å². The van der Waals surface area contributed by atoms with E-state index >= 15 is 0 Å². The maximum absolute atomic E-state index is 6.41. The summed E-state index contributed by atoms with van der Waals surface area (Å²) in [5.74, 6) is 1.64. The molecular formula is C22H33NO6. The molecule has 6 rings (SSSR count). The predicted octanol–water partition coefficient (Wildman–Crippen LogP) is 3.59. The minimum atomic E-state index is -0.743. The molecule has 1 aromatic heterocycles. The smallest absolute Gasteiger partial charge is 0.201 e. The molecular weight excluding hydrogens is 374 g/mol. The van der Waals surface area contributed by atoms with E-state index in [0.717, 1.165) is 31.6 Å². The molecule has 4 aliphatic heterocycles. The van der Waals surface area contributed by atoms with Crippen LogP contribution in [0.1, 0.15) is 52.2 Å². The summed E-state index contributed by atoms with van der Waals surface area (Å²) in [6, 6.07) is 3.85. The quantitative estimate of drug-likeness (QED) is 0.571. The van der Waals surface area contributed by atoms with Crippen LogP contribution in [0, 0.1) is 23.7 Å². The summed E-state index contributed by atoms with van der Waals surface area (Å²) in [4.78, 5) is 12.0. The monoisotopic (exact) mass is 407 g/mol. The molecule has 7 nitrogen and oxygen atoms in total. The molecule has 1 spiro atoms. The molecule has 1 N–H and O–H groups in total. The zero-order chi connectivity index (χ0) is 20.1. The number of rotatable bonds is 6. The fraction of sp³-hybridized carbons (Fsp3) is 0.818. The van der Waals surface area contributed by atoms with Gasteiger partial charge < -0.3 is 23.9 Å². The van der Waals surface area contributed by atoms with Crippen LogP contribution in [0.2, 0.25) is 0 Å². The van der Waals surface area contributed by atoms with Gasteiger partial charge in [0.15, 0.2) is 18.2 Å². The number of furan rings is 1. The summed E-state index contributed by atoms with van der Waals surface area (Å²) in [7, 11) is 0. The fourth-order valence-electron chi connectivity index (χ4n) is 5.93. The van der Waals surface area contributed by atoms with E-state index in [2.05, 4.69) is 19.2 Å². The first-order chi connectivity index (χ1) is 14.0. The van der Waals surface area contributed by atoms with Crippen molar-refractivity contribution in [2.75, 3.05) is 13.2 Å². The maximum atomic E-state index is 6.41. The summed E-state index contributed by atoms with van der Waals surface area (Å²) < 4.78 is 24.3. The van der Waals surface area contributed by atoms with Crippen LogP contribution < -0.4 is 5.32 Å². The molecule has 5 fully saturated rings. The fourth-order valence-corrected chi connectivity index (χ4v) is 5.93. The molecule has 7 heteroatoms. The highest BCUT2D eigenvalue weighted by Crippen LogP contribution is 2.60. The van der Waals surface area contributed by atoms with E-state index in [9.17, 15) is 0 Å². The molecule has 1 aromatic rings. The van der Waals surface area contributed by atoms with Gasteiger partial charge in [-0.3, -0.25) is 0 Å². The summed E-state index contributed by atoms with van der Waals surface area (Å²) in [6.45, 7) is 8.48. The minimum absolute atomic E-state index is 0.209. The normalized spacial score (nSPS) is 46.3. The first-order valence-electron chi connectivity index (χ1n) is 11.1. The van der Waals surface area contributed by atoms with Crippen molar-refractivity contribution in [1.82, 2.24) is 5.32 Å². The van der Waals surface area contributed by atoms with E-state index in [1.165, 1.54) is 6.42 Å². The van der Waals surface area contributed by atoms with Gasteiger partial charge >= 0.3 is 0 Å². The average Bonchev–Trinajstić information content (AvgIpc) is 3.12. The lowest BCUT2D eigenvalue weighted by molar-refractivity contribution is -0.577. The van der Waals surface area contributed by atoms with Gasteiger partial charge in [-0.05, 0) is 50.2 Å². The number of ether oxygens (including phenoxy) is 3. The van der Waals surface area contributed by atoms with Crippen LogP contribution in [-0.4, -0.2) is 37.1 Å². The Bertz CT molecular complexity index is 697. The van der Waals surface area contributed by atoms with Gasteiger partial charge in [-0.15, -0.1) is 0 Å². The van der Waals surface area contributed by atoms with Crippen molar-refractivity contribution in [3.8, 4) is 0 Å². The van der Waals surface area contributed by atoms with Crippen LogP contribution in [0.4, 0.5) is 0 Å². The molecule has 0 amide bonds. The molecule has 5 aliphatic rings. The third kappa shape index (κ3) is 3.36. The van der Waals surface area contributed by atoms with Crippen molar-refractivity contribution in [3.05, 3.63) is 24.2 Å². The van der Waals surface area contributed by atoms with Gasteiger partial charge in [-0.1, -0.05) is 13.8 Å². The average molecular weight is 408 g/mol. The van der Waals surface area contributed by atoms with Crippen LogP contribution in [0.15, 0.2) is 22.8 Å². The van der Waals surface area contributed by atoms with Gasteiger partial charge in [0, 0.05) is 24.8 Å². The molecule has 4 saturated heterocycles. The number of hydrogen-bond donors (Lipinski definition) is 1. The highest BCUT2D eigenvalue weighted by atomic mass is 17.3. The molecule has 0 unspecified atom stereocenters. The highest BCUT2D eigenvalue weighted by molar-refractivity contribution is 5.09. The Labute approximate surface area is 172 Å². The molecule has 162 valence electrons. The van der Waals surface area contributed by atoms with Gasteiger partial charge in [0.05, 0.1) is 19.4 Å². The second-order valence-electron chi connectivity index (χ2n) is 9.40. The van der Waals surface area contributed by atoms with Crippen molar-refractivity contribution in [2.24, 2.45) is 23.7 Å². The van der Waals surface area contributed by atoms with Crippen molar-refractivity contribution in [1.29, 1.82) is 0 Å². The third-order valence-electron chi connectivity index (χ3n) is 7.54. The minimum Gasteiger partial charge on any atom is -0.468 e.